The molecule has 1 nitrogen and oxygen atoms in total. The van der Waals surface area contributed by atoms with Crippen molar-refractivity contribution in [3.63, 3.8) is 0 Å². The first-order valence-electron chi connectivity index (χ1n) is 7.20. The van der Waals surface area contributed by atoms with Crippen molar-refractivity contribution < 1.29 is 0 Å². The van der Waals surface area contributed by atoms with Gasteiger partial charge in [-0.05, 0) is 37.3 Å². The second kappa shape index (κ2) is 5.26. The molecule has 2 aliphatic rings. The summed E-state index contributed by atoms with van der Waals surface area (Å²) >= 11 is 2.04. The SMILES string of the molecule is CC1CCC(C)N(CC2CSc3ccccc32)C1. The molecule has 0 aliphatic carbocycles. The molecule has 2 heteroatoms. The van der Waals surface area contributed by atoms with Gasteiger partial charge in [-0.3, -0.25) is 4.90 Å². The Morgan fingerprint density at radius 1 is 1.22 bits per heavy atom. The molecular formula is C16H23NS. The van der Waals surface area contributed by atoms with Gasteiger partial charge in [-0.1, -0.05) is 25.1 Å². The zero-order chi connectivity index (χ0) is 12.5. The van der Waals surface area contributed by atoms with Crippen LogP contribution in [0.15, 0.2) is 29.2 Å². The van der Waals surface area contributed by atoms with Gasteiger partial charge in [-0.15, -0.1) is 11.8 Å². The van der Waals surface area contributed by atoms with Crippen LogP contribution in [-0.4, -0.2) is 29.8 Å². The van der Waals surface area contributed by atoms with Gasteiger partial charge in [0, 0.05) is 35.7 Å². The van der Waals surface area contributed by atoms with E-state index in [2.05, 4.69) is 43.0 Å². The summed E-state index contributed by atoms with van der Waals surface area (Å²) < 4.78 is 0. The molecule has 0 radical (unpaired) electrons. The van der Waals surface area contributed by atoms with Crippen molar-refractivity contribution in [3.8, 4) is 0 Å². The van der Waals surface area contributed by atoms with Crippen LogP contribution in [0.25, 0.3) is 0 Å². The molecule has 1 saturated heterocycles. The van der Waals surface area contributed by atoms with Gasteiger partial charge >= 0.3 is 0 Å². The van der Waals surface area contributed by atoms with Crippen molar-refractivity contribution in [2.75, 3.05) is 18.8 Å². The van der Waals surface area contributed by atoms with Gasteiger partial charge in [0.1, 0.15) is 0 Å². The Morgan fingerprint density at radius 3 is 2.94 bits per heavy atom. The topological polar surface area (TPSA) is 3.24 Å². The Labute approximate surface area is 115 Å². The quantitative estimate of drug-likeness (QED) is 0.792. The molecule has 0 spiro atoms. The minimum absolute atomic E-state index is 0.749. The number of hydrogen-bond acceptors (Lipinski definition) is 2. The van der Waals surface area contributed by atoms with E-state index in [1.165, 1.54) is 36.6 Å². The molecule has 3 unspecified atom stereocenters. The molecule has 3 rings (SSSR count). The second-order valence-corrected chi connectivity index (χ2v) is 7.09. The first-order chi connectivity index (χ1) is 8.74. The number of benzene rings is 1. The Hall–Kier alpha value is -0.470. The third-order valence-electron chi connectivity index (χ3n) is 4.50. The molecule has 1 aromatic carbocycles. The summed E-state index contributed by atoms with van der Waals surface area (Å²) in [5, 5.41) is 0. The van der Waals surface area contributed by atoms with Crippen LogP contribution in [0.4, 0.5) is 0 Å². The number of hydrogen-bond donors (Lipinski definition) is 0. The van der Waals surface area contributed by atoms with Crippen LogP contribution in [-0.2, 0) is 0 Å². The fraction of sp³-hybridized carbons (Fsp3) is 0.625. The summed E-state index contributed by atoms with van der Waals surface area (Å²) in [7, 11) is 0. The van der Waals surface area contributed by atoms with Crippen molar-refractivity contribution in [1.82, 2.24) is 4.90 Å². The van der Waals surface area contributed by atoms with E-state index >= 15 is 0 Å². The Morgan fingerprint density at radius 2 is 2.06 bits per heavy atom. The average Bonchev–Trinajstić information content (AvgIpc) is 2.78. The van der Waals surface area contributed by atoms with Gasteiger partial charge in [0.25, 0.3) is 0 Å². The van der Waals surface area contributed by atoms with E-state index in [-0.39, 0.29) is 0 Å². The van der Waals surface area contributed by atoms with Gasteiger partial charge in [0.15, 0.2) is 0 Å². The van der Waals surface area contributed by atoms with Crippen LogP contribution >= 0.6 is 11.8 Å². The lowest BCUT2D eigenvalue weighted by atomic mass is 9.92. The largest absolute Gasteiger partial charge is 0.300 e. The lowest BCUT2D eigenvalue weighted by molar-refractivity contribution is 0.119. The summed E-state index contributed by atoms with van der Waals surface area (Å²) in [6.07, 6.45) is 2.79. The van der Waals surface area contributed by atoms with Crippen LogP contribution in [0.1, 0.15) is 38.2 Å². The van der Waals surface area contributed by atoms with Gasteiger partial charge < -0.3 is 0 Å². The van der Waals surface area contributed by atoms with Crippen LogP contribution in [0.5, 0.6) is 0 Å². The third-order valence-corrected chi connectivity index (χ3v) is 5.75. The molecular weight excluding hydrogens is 238 g/mol. The molecule has 98 valence electrons. The number of likely N-dealkylation sites (tertiary alicyclic amines) is 1. The van der Waals surface area contributed by atoms with Crippen molar-refractivity contribution in [2.24, 2.45) is 5.92 Å². The lowest BCUT2D eigenvalue weighted by Crippen LogP contribution is -2.43. The zero-order valence-corrected chi connectivity index (χ0v) is 12.2. The van der Waals surface area contributed by atoms with Gasteiger partial charge in [0.05, 0.1) is 0 Å². The monoisotopic (exact) mass is 261 g/mol. The first-order valence-corrected chi connectivity index (χ1v) is 8.18. The Balaban J connectivity index is 1.70. The zero-order valence-electron chi connectivity index (χ0n) is 11.4. The fourth-order valence-electron chi connectivity index (χ4n) is 3.30. The third kappa shape index (κ3) is 2.46. The molecule has 2 heterocycles. The number of thioether (sulfide) groups is 1. The Bertz CT molecular complexity index is 417. The predicted molar refractivity (Wildman–Crippen MR) is 79.3 cm³/mol. The smallest absolute Gasteiger partial charge is 0.0108 e. The molecule has 0 bridgehead atoms. The summed E-state index contributed by atoms with van der Waals surface area (Å²) in [6, 6.07) is 9.75. The minimum Gasteiger partial charge on any atom is -0.300 e. The summed E-state index contributed by atoms with van der Waals surface area (Å²) in [6.45, 7) is 7.36. The molecule has 18 heavy (non-hydrogen) atoms. The highest BCUT2D eigenvalue weighted by Crippen LogP contribution is 2.40. The van der Waals surface area contributed by atoms with Crippen LogP contribution in [0.3, 0.4) is 0 Å². The number of piperidine rings is 1. The molecule has 1 fully saturated rings. The van der Waals surface area contributed by atoms with Crippen molar-refractivity contribution >= 4 is 11.8 Å². The van der Waals surface area contributed by atoms with Crippen molar-refractivity contribution in [1.29, 1.82) is 0 Å². The summed E-state index contributed by atoms with van der Waals surface area (Å²) in [5.74, 6) is 2.90. The number of nitrogens with zero attached hydrogens (tertiary/aromatic N) is 1. The van der Waals surface area contributed by atoms with Crippen LogP contribution < -0.4 is 0 Å². The maximum absolute atomic E-state index is 2.72. The predicted octanol–water partition coefficient (Wildman–Crippen LogP) is 4.00. The van der Waals surface area contributed by atoms with E-state index in [4.69, 9.17) is 0 Å². The maximum atomic E-state index is 2.72. The van der Waals surface area contributed by atoms with Gasteiger partial charge in [-0.2, -0.15) is 0 Å². The highest BCUT2D eigenvalue weighted by molar-refractivity contribution is 7.99. The van der Waals surface area contributed by atoms with Crippen LogP contribution in [0.2, 0.25) is 0 Å². The number of fused-ring (bicyclic) bond motifs is 1. The molecule has 2 aliphatic heterocycles. The lowest BCUT2D eigenvalue weighted by Gasteiger charge is -2.38. The fourth-order valence-corrected chi connectivity index (χ4v) is 4.54. The van der Waals surface area contributed by atoms with Gasteiger partial charge in [-0.25, -0.2) is 0 Å². The standard InChI is InChI=1S/C16H23NS/c1-12-7-8-13(2)17(9-12)10-14-11-18-16-6-4-3-5-15(14)16/h3-6,12-14H,7-11H2,1-2H3. The van der Waals surface area contributed by atoms with E-state index in [0.717, 1.165) is 17.9 Å². The first kappa shape index (κ1) is 12.6. The molecule has 0 N–H and O–H groups in total. The molecule has 0 amide bonds. The molecule has 0 aromatic heterocycles. The summed E-state index contributed by atoms with van der Waals surface area (Å²) in [5.41, 5.74) is 1.59. The second-order valence-electron chi connectivity index (χ2n) is 6.03. The van der Waals surface area contributed by atoms with E-state index < -0.39 is 0 Å². The summed E-state index contributed by atoms with van der Waals surface area (Å²) in [4.78, 5) is 4.24. The van der Waals surface area contributed by atoms with Crippen LogP contribution in [0, 0.1) is 5.92 Å². The molecule has 1 aromatic rings. The van der Waals surface area contributed by atoms with Crippen molar-refractivity contribution in [2.45, 2.75) is 43.5 Å². The highest BCUT2D eigenvalue weighted by atomic mass is 32.2. The maximum Gasteiger partial charge on any atom is 0.0108 e. The van der Waals surface area contributed by atoms with E-state index in [9.17, 15) is 0 Å². The molecule has 0 saturated carbocycles. The Kier molecular flexibility index (Phi) is 3.67. The van der Waals surface area contributed by atoms with Crippen molar-refractivity contribution in [3.05, 3.63) is 29.8 Å². The normalized spacial score (nSPS) is 32.4. The minimum atomic E-state index is 0.749. The number of rotatable bonds is 2. The highest BCUT2D eigenvalue weighted by Gasteiger charge is 2.29. The van der Waals surface area contributed by atoms with E-state index in [1.54, 1.807) is 5.56 Å². The van der Waals surface area contributed by atoms with E-state index in [0.29, 0.717) is 0 Å². The average molecular weight is 261 g/mol. The van der Waals surface area contributed by atoms with E-state index in [1.807, 2.05) is 11.8 Å². The van der Waals surface area contributed by atoms with Gasteiger partial charge in [0.2, 0.25) is 0 Å². The molecule has 3 atom stereocenters.